The van der Waals surface area contributed by atoms with Gasteiger partial charge in [-0.3, -0.25) is 4.57 Å². The first-order valence-electron chi connectivity index (χ1n) is 18.4. The summed E-state index contributed by atoms with van der Waals surface area (Å²) in [5.74, 6) is 0.656. The Kier molecular flexibility index (Phi) is 6.02. The van der Waals surface area contributed by atoms with Gasteiger partial charge in [0.1, 0.15) is 0 Å². The summed E-state index contributed by atoms with van der Waals surface area (Å²) in [6.07, 6.45) is 0. The third kappa shape index (κ3) is 4.25. The van der Waals surface area contributed by atoms with Crippen LogP contribution in [0.25, 0.3) is 110 Å². The molecule has 4 nitrogen and oxygen atoms in total. The normalized spacial score (nSPS) is 12.1. The SMILES string of the molecule is c1ccc2cc(-c3nc(-n4c5ccc(-n6c7ccccc7c7cc8ccccc8cc76)cc5c5cc6ccccc6cc54)nc4ccccc34)ccc2c1. The van der Waals surface area contributed by atoms with Gasteiger partial charge in [0.2, 0.25) is 5.95 Å². The Balaban J connectivity index is 1.16. The van der Waals surface area contributed by atoms with Gasteiger partial charge in [0.25, 0.3) is 0 Å². The minimum atomic E-state index is 0.656. The van der Waals surface area contributed by atoms with Crippen molar-refractivity contribution in [3.63, 3.8) is 0 Å². The smallest absolute Gasteiger partial charge is 0.235 e. The molecule has 0 atom stereocenters. The zero-order chi connectivity index (χ0) is 35.3. The van der Waals surface area contributed by atoms with Crippen LogP contribution in [0.15, 0.2) is 182 Å². The predicted octanol–water partition coefficient (Wildman–Crippen LogP) is 13.0. The van der Waals surface area contributed by atoms with Crippen LogP contribution < -0.4 is 0 Å². The van der Waals surface area contributed by atoms with Crippen molar-refractivity contribution in [2.24, 2.45) is 0 Å². The molecule has 3 heterocycles. The van der Waals surface area contributed by atoms with E-state index in [9.17, 15) is 0 Å². The van der Waals surface area contributed by atoms with Gasteiger partial charge in [0.15, 0.2) is 0 Å². The Labute approximate surface area is 309 Å². The van der Waals surface area contributed by atoms with Gasteiger partial charge in [0, 0.05) is 38.2 Å². The molecule has 0 fully saturated rings. The first-order chi connectivity index (χ1) is 26.7. The first kappa shape index (κ1) is 29.3. The van der Waals surface area contributed by atoms with Gasteiger partial charge in [-0.2, -0.15) is 0 Å². The topological polar surface area (TPSA) is 35.6 Å². The maximum atomic E-state index is 5.43. The average Bonchev–Trinajstić information content (AvgIpc) is 3.72. The molecule has 12 rings (SSSR count). The molecule has 0 saturated carbocycles. The van der Waals surface area contributed by atoms with Crippen LogP contribution in [0.2, 0.25) is 0 Å². The van der Waals surface area contributed by atoms with E-state index in [1.807, 2.05) is 0 Å². The highest BCUT2D eigenvalue weighted by atomic mass is 15.2. The molecular weight excluding hydrogens is 657 g/mol. The van der Waals surface area contributed by atoms with E-state index in [4.69, 9.17) is 9.97 Å². The lowest BCUT2D eigenvalue weighted by Gasteiger charge is -2.13. The third-order valence-corrected chi connectivity index (χ3v) is 11.2. The summed E-state index contributed by atoms with van der Waals surface area (Å²) in [4.78, 5) is 10.7. The Morgan fingerprint density at radius 3 is 1.59 bits per heavy atom. The van der Waals surface area contributed by atoms with E-state index in [1.165, 1.54) is 59.5 Å². The molecule has 250 valence electrons. The van der Waals surface area contributed by atoms with Gasteiger partial charge in [0.05, 0.1) is 33.3 Å². The highest BCUT2D eigenvalue weighted by Gasteiger charge is 2.20. The van der Waals surface area contributed by atoms with Crippen molar-refractivity contribution in [2.75, 3.05) is 0 Å². The van der Waals surface area contributed by atoms with Gasteiger partial charge in [-0.1, -0.05) is 121 Å². The van der Waals surface area contributed by atoms with Gasteiger partial charge in [-0.25, -0.2) is 9.97 Å². The maximum absolute atomic E-state index is 5.43. The van der Waals surface area contributed by atoms with E-state index in [-0.39, 0.29) is 0 Å². The molecule has 0 aliphatic carbocycles. The summed E-state index contributed by atoms with van der Waals surface area (Å²) in [6.45, 7) is 0. The zero-order valence-electron chi connectivity index (χ0n) is 29.1. The number of fused-ring (bicyclic) bond motifs is 10. The number of benzene rings is 9. The molecule has 4 heteroatoms. The number of hydrogen-bond acceptors (Lipinski definition) is 2. The Hall–Kier alpha value is -7.30. The number of para-hydroxylation sites is 2. The Morgan fingerprint density at radius 2 is 0.852 bits per heavy atom. The lowest BCUT2D eigenvalue weighted by atomic mass is 10.0. The van der Waals surface area contributed by atoms with Crippen LogP contribution >= 0.6 is 0 Å². The largest absolute Gasteiger partial charge is 0.309 e. The van der Waals surface area contributed by atoms with Crippen molar-refractivity contribution in [3.05, 3.63) is 182 Å². The summed E-state index contributed by atoms with van der Waals surface area (Å²) in [7, 11) is 0. The standard InChI is InChI=1S/C50H30N4/c1-2-12-32-25-37(22-21-31(32)11-1)49-40-18-7-9-19-44(40)51-50(52-49)54-46-24-23-38(30-43(46)42-27-34-14-4-6-16-36(34)29-48(42)54)53-45-20-10-8-17-39(45)41-26-33-13-3-5-15-35(33)28-47(41)53/h1-30H. The minimum Gasteiger partial charge on any atom is -0.309 e. The van der Waals surface area contributed by atoms with Crippen LogP contribution in [0.4, 0.5) is 0 Å². The molecule has 0 spiro atoms. The lowest BCUT2D eigenvalue weighted by molar-refractivity contribution is 1.01. The number of nitrogens with zero attached hydrogens (tertiary/aromatic N) is 4. The molecule has 0 radical (unpaired) electrons. The molecule has 12 aromatic rings. The number of hydrogen-bond donors (Lipinski definition) is 0. The summed E-state index contributed by atoms with van der Waals surface area (Å²) in [6, 6.07) is 65.6. The molecule has 0 N–H and O–H groups in total. The first-order valence-corrected chi connectivity index (χ1v) is 18.4. The molecule has 0 amide bonds. The summed E-state index contributed by atoms with van der Waals surface area (Å²) < 4.78 is 4.68. The second-order valence-electron chi connectivity index (χ2n) is 14.3. The molecule has 0 saturated heterocycles. The van der Waals surface area contributed by atoms with Crippen molar-refractivity contribution in [2.45, 2.75) is 0 Å². The van der Waals surface area contributed by atoms with E-state index < -0.39 is 0 Å². The molecule has 0 unspecified atom stereocenters. The predicted molar refractivity (Wildman–Crippen MR) is 226 cm³/mol. The molecule has 0 aliphatic heterocycles. The quantitative estimate of drug-likeness (QED) is 0.185. The number of aromatic nitrogens is 4. The average molecular weight is 687 g/mol. The van der Waals surface area contributed by atoms with Crippen LogP contribution in [0.5, 0.6) is 0 Å². The Bertz CT molecular complexity index is 3510. The molecule has 3 aromatic heterocycles. The summed E-state index contributed by atoms with van der Waals surface area (Å²) >= 11 is 0. The fourth-order valence-corrected chi connectivity index (χ4v) is 8.70. The van der Waals surface area contributed by atoms with Crippen LogP contribution in [-0.4, -0.2) is 19.1 Å². The van der Waals surface area contributed by atoms with Crippen LogP contribution in [0.1, 0.15) is 0 Å². The summed E-state index contributed by atoms with van der Waals surface area (Å²) in [5, 5.41) is 13.1. The monoisotopic (exact) mass is 686 g/mol. The molecule has 0 aliphatic rings. The van der Waals surface area contributed by atoms with Gasteiger partial charge in [-0.05, 0) is 93.0 Å². The van der Waals surface area contributed by atoms with E-state index in [0.717, 1.165) is 44.3 Å². The summed E-state index contributed by atoms with van der Waals surface area (Å²) in [5.41, 5.74) is 8.55. The number of rotatable bonds is 3. The zero-order valence-corrected chi connectivity index (χ0v) is 29.1. The fraction of sp³-hybridized carbons (Fsp3) is 0. The second-order valence-corrected chi connectivity index (χ2v) is 14.3. The van der Waals surface area contributed by atoms with E-state index >= 15 is 0 Å². The van der Waals surface area contributed by atoms with E-state index in [1.54, 1.807) is 0 Å². The molecule has 9 aromatic carbocycles. The van der Waals surface area contributed by atoms with Crippen LogP contribution in [0, 0.1) is 0 Å². The van der Waals surface area contributed by atoms with Gasteiger partial charge < -0.3 is 4.57 Å². The maximum Gasteiger partial charge on any atom is 0.235 e. The van der Waals surface area contributed by atoms with Crippen LogP contribution in [-0.2, 0) is 0 Å². The third-order valence-electron chi connectivity index (χ3n) is 11.2. The fourth-order valence-electron chi connectivity index (χ4n) is 8.70. The highest BCUT2D eigenvalue weighted by Crippen LogP contribution is 2.40. The van der Waals surface area contributed by atoms with Crippen molar-refractivity contribution < 1.29 is 0 Å². The van der Waals surface area contributed by atoms with Crippen molar-refractivity contribution in [1.29, 1.82) is 0 Å². The van der Waals surface area contributed by atoms with Crippen LogP contribution in [0.3, 0.4) is 0 Å². The highest BCUT2D eigenvalue weighted by molar-refractivity contribution is 6.16. The van der Waals surface area contributed by atoms with Gasteiger partial charge in [-0.15, -0.1) is 0 Å². The molecular formula is C50H30N4. The van der Waals surface area contributed by atoms with Gasteiger partial charge >= 0.3 is 0 Å². The molecule has 54 heavy (non-hydrogen) atoms. The molecule has 0 bridgehead atoms. The van der Waals surface area contributed by atoms with Crippen molar-refractivity contribution in [1.82, 2.24) is 19.1 Å². The van der Waals surface area contributed by atoms with E-state index in [2.05, 4.69) is 191 Å². The van der Waals surface area contributed by atoms with E-state index in [0.29, 0.717) is 5.95 Å². The minimum absolute atomic E-state index is 0.656. The second kappa shape index (κ2) is 11.1. The van der Waals surface area contributed by atoms with Crippen molar-refractivity contribution in [3.8, 4) is 22.9 Å². The van der Waals surface area contributed by atoms with Crippen molar-refractivity contribution >= 4 is 86.8 Å². The lowest BCUT2D eigenvalue weighted by Crippen LogP contribution is -2.03. The Morgan fingerprint density at radius 1 is 0.315 bits per heavy atom.